The van der Waals surface area contributed by atoms with Crippen LogP contribution >= 0.6 is 15.9 Å². The van der Waals surface area contributed by atoms with Gasteiger partial charge in [-0.2, -0.15) is 0 Å². The molecule has 5 nitrogen and oxygen atoms in total. The molecule has 0 spiro atoms. The number of halogens is 1. The minimum atomic E-state index is -0.354. The molecular weight excluding hydrogens is 360 g/mol. The van der Waals surface area contributed by atoms with Crippen molar-refractivity contribution in [1.29, 1.82) is 0 Å². The summed E-state index contributed by atoms with van der Waals surface area (Å²) in [5.74, 6) is -0.192. The summed E-state index contributed by atoms with van der Waals surface area (Å²) in [6, 6.07) is 12.5. The van der Waals surface area contributed by atoms with E-state index in [1.165, 1.54) is 0 Å². The number of cyclic esters (lactones) is 1. The third kappa shape index (κ3) is 3.37. The van der Waals surface area contributed by atoms with Gasteiger partial charge in [-0.05, 0) is 55.0 Å². The Hall–Kier alpha value is -2.34. The molecule has 2 aromatic rings. The van der Waals surface area contributed by atoms with Crippen LogP contribution in [0.25, 0.3) is 0 Å². The minimum Gasteiger partial charge on any atom is -0.447 e. The first-order chi connectivity index (χ1) is 11.0. The van der Waals surface area contributed by atoms with E-state index in [4.69, 9.17) is 4.74 Å². The largest absolute Gasteiger partial charge is 0.447 e. The van der Waals surface area contributed by atoms with Crippen molar-refractivity contribution in [2.24, 2.45) is 0 Å². The first-order valence-corrected chi connectivity index (χ1v) is 7.96. The standard InChI is InChI=1S/C17H15BrN2O3/c1-11-10-13(4-7-15(11)18)19-16(21)12-2-5-14(6-3-12)20-8-9-23-17(20)22/h2-7,10H,8-9H2,1H3,(H,19,21). The molecule has 2 amide bonds. The van der Waals surface area contributed by atoms with E-state index in [0.717, 1.165) is 21.4 Å². The maximum absolute atomic E-state index is 12.3. The van der Waals surface area contributed by atoms with Crippen molar-refractivity contribution in [2.75, 3.05) is 23.4 Å². The van der Waals surface area contributed by atoms with Crippen LogP contribution in [0.3, 0.4) is 0 Å². The molecule has 1 heterocycles. The SMILES string of the molecule is Cc1cc(NC(=O)c2ccc(N3CCOC3=O)cc2)ccc1Br. The monoisotopic (exact) mass is 374 g/mol. The van der Waals surface area contributed by atoms with Crippen LogP contribution in [-0.2, 0) is 4.74 Å². The summed E-state index contributed by atoms with van der Waals surface area (Å²) in [7, 11) is 0. The van der Waals surface area contributed by atoms with E-state index in [2.05, 4.69) is 21.2 Å². The Kier molecular flexibility index (Phi) is 4.34. The number of amides is 2. The number of carbonyl (C=O) groups is 2. The second kappa shape index (κ2) is 6.42. The Morgan fingerprint density at radius 3 is 2.57 bits per heavy atom. The first-order valence-electron chi connectivity index (χ1n) is 7.16. The smallest absolute Gasteiger partial charge is 0.414 e. The predicted octanol–water partition coefficient (Wildman–Crippen LogP) is 3.97. The van der Waals surface area contributed by atoms with Crippen molar-refractivity contribution in [2.45, 2.75) is 6.92 Å². The van der Waals surface area contributed by atoms with E-state index < -0.39 is 0 Å². The Labute approximate surface area is 142 Å². The van der Waals surface area contributed by atoms with Crippen LogP contribution in [0.15, 0.2) is 46.9 Å². The highest BCUT2D eigenvalue weighted by Gasteiger charge is 2.23. The second-order valence-corrected chi connectivity index (χ2v) is 6.09. The van der Waals surface area contributed by atoms with Crippen LogP contribution in [-0.4, -0.2) is 25.2 Å². The van der Waals surface area contributed by atoms with Gasteiger partial charge in [0.25, 0.3) is 5.91 Å². The molecule has 0 saturated carbocycles. The Morgan fingerprint density at radius 1 is 1.22 bits per heavy atom. The topological polar surface area (TPSA) is 58.6 Å². The molecule has 6 heteroatoms. The van der Waals surface area contributed by atoms with Crippen LogP contribution in [0.5, 0.6) is 0 Å². The molecule has 2 aromatic carbocycles. The highest BCUT2D eigenvalue weighted by atomic mass is 79.9. The molecule has 1 saturated heterocycles. The average Bonchev–Trinajstić information content (AvgIpc) is 2.97. The van der Waals surface area contributed by atoms with Crippen molar-refractivity contribution < 1.29 is 14.3 Å². The fourth-order valence-electron chi connectivity index (χ4n) is 2.35. The number of benzene rings is 2. The van der Waals surface area contributed by atoms with Crippen molar-refractivity contribution in [1.82, 2.24) is 0 Å². The van der Waals surface area contributed by atoms with Crippen molar-refractivity contribution in [3.05, 3.63) is 58.1 Å². The van der Waals surface area contributed by atoms with Crippen molar-refractivity contribution in [3.8, 4) is 0 Å². The molecule has 1 aliphatic heterocycles. The van der Waals surface area contributed by atoms with Gasteiger partial charge in [-0.1, -0.05) is 15.9 Å². The molecule has 3 rings (SSSR count). The van der Waals surface area contributed by atoms with Crippen molar-refractivity contribution >= 4 is 39.3 Å². The summed E-state index contributed by atoms with van der Waals surface area (Å²) in [5.41, 5.74) is 3.04. The second-order valence-electron chi connectivity index (χ2n) is 5.23. The Morgan fingerprint density at radius 2 is 1.96 bits per heavy atom. The van der Waals surface area contributed by atoms with Gasteiger partial charge in [-0.3, -0.25) is 9.69 Å². The number of rotatable bonds is 3. The lowest BCUT2D eigenvalue weighted by molar-refractivity contribution is 0.102. The zero-order valence-corrected chi connectivity index (χ0v) is 14.1. The molecule has 23 heavy (non-hydrogen) atoms. The van der Waals surface area contributed by atoms with Gasteiger partial charge in [0, 0.05) is 21.4 Å². The molecule has 118 valence electrons. The summed E-state index contributed by atoms with van der Waals surface area (Å²) in [4.78, 5) is 25.3. The molecule has 0 bridgehead atoms. The van der Waals surface area contributed by atoms with E-state index in [-0.39, 0.29) is 12.0 Å². The third-order valence-corrected chi connectivity index (χ3v) is 4.51. The summed E-state index contributed by atoms with van der Waals surface area (Å²) >= 11 is 3.43. The number of anilines is 2. The molecule has 0 unspecified atom stereocenters. The molecule has 1 aliphatic rings. The lowest BCUT2D eigenvalue weighted by atomic mass is 10.1. The van der Waals surface area contributed by atoms with Gasteiger partial charge in [0.15, 0.2) is 0 Å². The molecule has 0 radical (unpaired) electrons. The van der Waals surface area contributed by atoms with E-state index in [0.29, 0.717) is 18.7 Å². The van der Waals surface area contributed by atoms with Crippen LogP contribution in [0, 0.1) is 6.92 Å². The molecule has 1 fully saturated rings. The molecule has 1 N–H and O–H groups in total. The Bertz CT molecular complexity index is 759. The van der Waals surface area contributed by atoms with Crippen LogP contribution < -0.4 is 10.2 Å². The highest BCUT2D eigenvalue weighted by Crippen LogP contribution is 2.22. The van der Waals surface area contributed by atoms with E-state index >= 15 is 0 Å². The maximum atomic E-state index is 12.3. The van der Waals surface area contributed by atoms with Gasteiger partial charge < -0.3 is 10.1 Å². The van der Waals surface area contributed by atoms with Crippen LogP contribution in [0.2, 0.25) is 0 Å². The summed E-state index contributed by atoms with van der Waals surface area (Å²) in [6.45, 7) is 2.89. The van der Waals surface area contributed by atoms with Crippen molar-refractivity contribution in [3.63, 3.8) is 0 Å². The van der Waals surface area contributed by atoms with Gasteiger partial charge in [0.2, 0.25) is 0 Å². The van der Waals surface area contributed by atoms with Crippen LogP contribution in [0.4, 0.5) is 16.2 Å². The molecule has 0 aromatic heterocycles. The fourth-order valence-corrected chi connectivity index (χ4v) is 2.59. The van der Waals surface area contributed by atoms with Gasteiger partial charge in [-0.25, -0.2) is 4.79 Å². The predicted molar refractivity (Wildman–Crippen MR) is 92.0 cm³/mol. The van der Waals surface area contributed by atoms with Gasteiger partial charge in [0.1, 0.15) is 6.61 Å². The quantitative estimate of drug-likeness (QED) is 0.883. The summed E-state index contributed by atoms with van der Waals surface area (Å²) in [5, 5.41) is 2.86. The van der Waals surface area contributed by atoms with E-state index in [9.17, 15) is 9.59 Å². The number of carbonyl (C=O) groups excluding carboxylic acids is 2. The molecular formula is C17H15BrN2O3. The summed E-state index contributed by atoms with van der Waals surface area (Å²) in [6.07, 6.45) is -0.354. The average molecular weight is 375 g/mol. The highest BCUT2D eigenvalue weighted by molar-refractivity contribution is 9.10. The van der Waals surface area contributed by atoms with Gasteiger partial charge in [-0.15, -0.1) is 0 Å². The zero-order chi connectivity index (χ0) is 16.4. The first kappa shape index (κ1) is 15.6. The fraction of sp³-hybridized carbons (Fsp3) is 0.176. The maximum Gasteiger partial charge on any atom is 0.414 e. The zero-order valence-electron chi connectivity index (χ0n) is 12.5. The van der Waals surface area contributed by atoms with Gasteiger partial charge >= 0.3 is 6.09 Å². The number of nitrogens with zero attached hydrogens (tertiary/aromatic N) is 1. The number of aryl methyl sites for hydroxylation is 1. The number of hydrogen-bond donors (Lipinski definition) is 1. The normalized spacial score (nSPS) is 13.8. The number of hydrogen-bond acceptors (Lipinski definition) is 3. The summed E-state index contributed by atoms with van der Waals surface area (Å²) < 4.78 is 5.90. The minimum absolute atomic E-state index is 0.192. The molecule has 0 aliphatic carbocycles. The lowest BCUT2D eigenvalue weighted by Gasteiger charge is -2.13. The number of nitrogens with one attached hydrogen (secondary N) is 1. The van der Waals surface area contributed by atoms with E-state index in [1.807, 2.05) is 25.1 Å². The third-order valence-electron chi connectivity index (χ3n) is 3.62. The van der Waals surface area contributed by atoms with E-state index in [1.54, 1.807) is 29.2 Å². The lowest BCUT2D eigenvalue weighted by Crippen LogP contribution is -2.23. The van der Waals surface area contributed by atoms with Gasteiger partial charge in [0.05, 0.1) is 6.54 Å². The number of ether oxygens (including phenoxy) is 1. The van der Waals surface area contributed by atoms with Crippen LogP contribution in [0.1, 0.15) is 15.9 Å². The molecule has 0 atom stereocenters. The Balaban J connectivity index is 1.72.